The van der Waals surface area contributed by atoms with E-state index in [4.69, 9.17) is 16.3 Å². The first-order valence-corrected chi connectivity index (χ1v) is 7.85. The summed E-state index contributed by atoms with van der Waals surface area (Å²) in [7, 11) is 1.35. The third-order valence-electron chi connectivity index (χ3n) is 3.16. The molecule has 8 nitrogen and oxygen atoms in total. The SMILES string of the molecule is CNC(=O)NC(=O)C(C)OC(=O)CC(NC(C)=O)c1ccc(Cl)cc1. The molecule has 1 rings (SSSR count). The highest BCUT2D eigenvalue weighted by molar-refractivity contribution is 6.30. The van der Waals surface area contributed by atoms with Gasteiger partial charge in [0.2, 0.25) is 5.91 Å². The summed E-state index contributed by atoms with van der Waals surface area (Å²) in [6.45, 7) is 2.67. The molecule has 0 fully saturated rings. The predicted molar refractivity (Wildman–Crippen MR) is 90.8 cm³/mol. The van der Waals surface area contributed by atoms with Gasteiger partial charge in [0.15, 0.2) is 6.10 Å². The number of urea groups is 1. The maximum absolute atomic E-state index is 12.1. The molecule has 0 saturated heterocycles. The quantitative estimate of drug-likeness (QED) is 0.654. The molecular weight excluding hydrogens is 350 g/mol. The van der Waals surface area contributed by atoms with E-state index in [2.05, 4.69) is 10.6 Å². The number of esters is 1. The number of imide groups is 1. The molecule has 0 aliphatic carbocycles. The van der Waals surface area contributed by atoms with Crippen LogP contribution in [0, 0.1) is 0 Å². The molecule has 0 aliphatic heterocycles. The topological polar surface area (TPSA) is 114 Å². The van der Waals surface area contributed by atoms with Crippen LogP contribution in [-0.4, -0.2) is 37.0 Å². The van der Waals surface area contributed by atoms with Gasteiger partial charge in [0.1, 0.15) is 0 Å². The number of ether oxygens (including phenoxy) is 1. The molecule has 1 aromatic carbocycles. The minimum Gasteiger partial charge on any atom is -0.452 e. The Morgan fingerprint density at radius 1 is 1.16 bits per heavy atom. The fourth-order valence-electron chi connectivity index (χ4n) is 1.93. The number of halogens is 1. The number of carbonyl (C=O) groups excluding carboxylic acids is 4. The number of carbonyl (C=O) groups is 4. The molecule has 0 spiro atoms. The third kappa shape index (κ3) is 7.21. The fourth-order valence-corrected chi connectivity index (χ4v) is 2.06. The molecular formula is C16H20ClN3O5. The Morgan fingerprint density at radius 2 is 1.76 bits per heavy atom. The highest BCUT2D eigenvalue weighted by atomic mass is 35.5. The second-order valence-electron chi connectivity index (χ2n) is 5.21. The van der Waals surface area contributed by atoms with E-state index in [9.17, 15) is 19.2 Å². The largest absolute Gasteiger partial charge is 0.452 e. The Balaban J connectivity index is 2.71. The van der Waals surface area contributed by atoms with Crippen molar-refractivity contribution in [1.29, 1.82) is 0 Å². The van der Waals surface area contributed by atoms with Gasteiger partial charge in [-0.05, 0) is 24.6 Å². The van der Waals surface area contributed by atoms with Gasteiger partial charge in [-0.15, -0.1) is 0 Å². The summed E-state index contributed by atoms with van der Waals surface area (Å²) in [4.78, 5) is 46.2. The zero-order chi connectivity index (χ0) is 19.0. The highest BCUT2D eigenvalue weighted by Crippen LogP contribution is 2.20. The van der Waals surface area contributed by atoms with Crippen LogP contribution < -0.4 is 16.0 Å². The summed E-state index contributed by atoms with van der Waals surface area (Å²) in [6.07, 6.45) is -1.34. The molecule has 3 N–H and O–H groups in total. The van der Waals surface area contributed by atoms with Gasteiger partial charge >= 0.3 is 12.0 Å². The van der Waals surface area contributed by atoms with Crippen LogP contribution in [0.15, 0.2) is 24.3 Å². The normalized spacial score (nSPS) is 12.5. The van der Waals surface area contributed by atoms with Crippen molar-refractivity contribution in [3.8, 4) is 0 Å². The molecule has 0 bridgehead atoms. The average molecular weight is 370 g/mol. The number of rotatable bonds is 6. The molecule has 0 aliphatic rings. The van der Waals surface area contributed by atoms with E-state index < -0.39 is 30.1 Å². The fraction of sp³-hybridized carbons (Fsp3) is 0.375. The summed E-state index contributed by atoms with van der Waals surface area (Å²) >= 11 is 5.83. The van der Waals surface area contributed by atoms with E-state index in [0.717, 1.165) is 0 Å². The van der Waals surface area contributed by atoms with Crippen LogP contribution >= 0.6 is 11.6 Å². The average Bonchev–Trinajstić information content (AvgIpc) is 2.54. The summed E-state index contributed by atoms with van der Waals surface area (Å²) < 4.78 is 5.01. The maximum Gasteiger partial charge on any atom is 0.321 e. The predicted octanol–water partition coefficient (Wildman–Crippen LogP) is 1.29. The number of nitrogens with one attached hydrogen (secondary N) is 3. The van der Waals surface area contributed by atoms with Crippen LogP contribution in [0.2, 0.25) is 5.02 Å². The molecule has 0 aromatic heterocycles. The zero-order valence-electron chi connectivity index (χ0n) is 14.1. The van der Waals surface area contributed by atoms with E-state index in [1.54, 1.807) is 24.3 Å². The number of amides is 4. The van der Waals surface area contributed by atoms with Crippen LogP contribution in [0.4, 0.5) is 4.79 Å². The second kappa shape index (κ2) is 9.63. The van der Waals surface area contributed by atoms with E-state index in [1.165, 1.54) is 20.9 Å². The van der Waals surface area contributed by atoms with Gasteiger partial charge in [0.25, 0.3) is 5.91 Å². The molecule has 9 heteroatoms. The van der Waals surface area contributed by atoms with Gasteiger partial charge < -0.3 is 15.4 Å². The smallest absolute Gasteiger partial charge is 0.321 e. The molecule has 4 amide bonds. The highest BCUT2D eigenvalue weighted by Gasteiger charge is 2.23. The van der Waals surface area contributed by atoms with E-state index in [0.29, 0.717) is 10.6 Å². The van der Waals surface area contributed by atoms with Gasteiger partial charge in [-0.2, -0.15) is 0 Å². The summed E-state index contributed by atoms with van der Waals surface area (Å²) in [5.74, 6) is -1.78. The van der Waals surface area contributed by atoms with Gasteiger partial charge in [0, 0.05) is 19.0 Å². The lowest BCUT2D eigenvalue weighted by atomic mass is 10.0. The lowest BCUT2D eigenvalue weighted by molar-refractivity contribution is -0.155. The monoisotopic (exact) mass is 369 g/mol. The second-order valence-corrected chi connectivity index (χ2v) is 5.65. The van der Waals surface area contributed by atoms with Crippen molar-refractivity contribution in [3.05, 3.63) is 34.9 Å². The first-order valence-electron chi connectivity index (χ1n) is 7.47. The van der Waals surface area contributed by atoms with Gasteiger partial charge in [-0.3, -0.25) is 19.7 Å². The Hall–Kier alpha value is -2.61. The first-order chi connectivity index (χ1) is 11.7. The Bertz CT molecular complexity index is 648. The van der Waals surface area contributed by atoms with Crippen molar-refractivity contribution in [3.63, 3.8) is 0 Å². The summed E-state index contributed by atoms with van der Waals surface area (Å²) in [5.41, 5.74) is 0.666. The summed E-state index contributed by atoms with van der Waals surface area (Å²) in [6, 6.07) is 5.30. The molecule has 136 valence electrons. The Morgan fingerprint density at radius 3 is 2.28 bits per heavy atom. The standard InChI is InChI=1S/C16H20ClN3O5/c1-9(15(23)20-16(24)18-3)25-14(22)8-13(19-10(2)21)11-4-6-12(17)7-5-11/h4-7,9,13H,8H2,1-3H3,(H,19,21)(H2,18,20,23,24). The minimum absolute atomic E-state index is 0.182. The molecule has 1 aromatic rings. The zero-order valence-corrected chi connectivity index (χ0v) is 14.8. The van der Waals surface area contributed by atoms with Crippen molar-refractivity contribution in [1.82, 2.24) is 16.0 Å². The minimum atomic E-state index is -1.16. The van der Waals surface area contributed by atoms with Crippen LogP contribution in [-0.2, 0) is 19.1 Å². The van der Waals surface area contributed by atoms with Crippen LogP contribution in [0.1, 0.15) is 31.9 Å². The van der Waals surface area contributed by atoms with Crippen LogP contribution in [0.5, 0.6) is 0 Å². The van der Waals surface area contributed by atoms with Gasteiger partial charge in [-0.1, -0.05) is 23.7 Å². The lowest BCUT2D eigenvalue weighted by Crippen LogP contribution is -2.43. The van der Waals surface area contributed by atoms with E-state index in [-0.39, 0.29) is 12.3 Å². The van der Waals surface area contributed by atoms with Crippen molar-refractivity contribution in [2.45, 2.75) is 32.4 Å². The number of hydrogen-bond donors (Lipinski definition) is 3. The van der Waals surface area contributed by atoms with Gasteiger partial charge in [0.05, 0.1) is 12.5 Å². The molecule has 0 radical (unpaired) electrons. The van der Waals surface area contributed by atoms with Crippen molar-refractivity contribution in [2.75, 3.05) is 7.05 Å². The van der Waals surface area contributed by atoms with Gasteiger partial charge in [-0.25, -0.2) is 4.79 Å². The summed E-state index contributed by atoms with van der Waals surface area (Å²) in [5, 5.41) is 7.39. The van der Waals surface area contributed by atoms with Crippen LogP contribution in [0.25, 0.3) is 0 Å². The molecule has 0 saturated carbocycles. The lowest BCUT2D eigenvalue weighted by Gasteiger charge is -2.19. The van der Waals surface area contributed by atoms with Crippen molar-refractivity contribution >= 4 is 35.4 Å². The number of benzene rings is 1. The molecule has 0 heterocycles. The van der Waals surface area contributed by atoms with Crippen LogP contribution in [0.3, 0.4) is 0 Å². The number of hydrogen-bond acceptors (Lipinski definition) is 5. The Kier molecular flexibility index (Phi) is 7.87. The Labute approximate surface area is 150 Å². The maximum atomic E-state index is 12.1. The molecule has 2 atom stereocenters. The molecule has 2 unspecified atom stereocenters. The third-order valence-corrected chi connectivity index (χ3v) is 3.41. The molecule has 25 heavy (non-hydrogen) atoms. The van der Waals surface area contributed by atoms with E-state index >= 15 is 0 Å². The van der Waals surface area contributed by atoms with Crippen molar-refractivity contribution in [2.24, 2.45) is 0 Å². The first kappa shape index (κ1) is 20.4. The van der Waals surface area contributed by atoms with E-state index in [1.807, 2.05) is 5.32 Å². The van der Waals surface area contributed by atoms with Crippen molar-refractivity contribution < 1.29 is 23.9 Å².